The largest absolute Gasteiger partial charge is 0.451 e. The Morgan fingerprint density at radius 1 is 0.927 bits per heavy atom. The zero-order chi connectivity index (χ0) is 29.3. The van der Waals surface area contributed by atoms with Gasteiger partial charge in [-0.3, -0.25) is 4.79 Å². The monoisotopic (exact) mass is 643 g/mol. The minimum atomic E-state index is -4.68. The van der Waals surface area contributed by atoms with E-state index < -0.39 is 32.7 Å². The van der Waals surface area contributed by atoms with Crippen molar-refractivity contribution in [1.29, 1.82) is 0 Å². The van der Waals surface area contributed by atoms with Crippen LogP contribution in [0, 0.1) is 0 Å². The van der Waals surface area contributed by atoms with Gasteiger partial charge < -0.3 is 14.6 Å². The van der Waals surface area contributed by atoms with Crippen molar-refractivity contribution < 1.29 is 30.8 Å². The molecular weight excluding hydrogens is 626 g/mol. The number of halogens is 6. The molecule has 3 aromatic carbocycles. The fourth-order valence-electron chi connectivity index (χ4n) is 5.49. The van der Waals surface area contributed by atoms with Crippen molar-refractivity contribution >= 4 is 73.1 Å². The number of anilines is 2. The van der Waals surface area contributed by atoms with Gasteiger partial charge >= 0.3 is 6.18 Å². The summed E-state index contributed by atoms with van der Waals surface area (Å²) in [5, 5.41) is 2.66. The van der Waals surface area contributed by atoms with E-state index in [-0.39, 0.29) is 45.0 Å². The molecule has 1 aromatic heterocycles. The third-order valence-corrected chi connectivity index (χ3v) is 10.5. The summed E-state index contributed by atoms with van der Waals surface area (Å²) in [6, 6.07) is 13.9. The highest BCUT2D eigenvalue weighted by molar-refractivity contribution is 7.89. The number of piperazine rings is 1. The number of hydrogen-bond donors (Lipinski definition) is 1. The maximum absolute atomic E-state index is 13.5. The first-order chi connectivity index (χ1) is 19.3. The van der Waals surface area contributed by atoms with E-state index in [1.165, 1.54) is 28.6 Å². The molecule has 1 amide bonds. The second-order valence-corrected chi connectivity index (χ2v) is 12.8. The molecule has 2 aliphatic rings. The molecular formula is C27H19Cl3F3N3O4S. The zero-order valence-electron chi connectivity index (χ0n) is 20.8. The summed E-state index contributed by atoms with van der Waals surface area (Å²) in [6.45, 7) is 0.608. The molecule has 4 aromatic rings. The lowest BCUT2D eigenvalue weighted by molar-refractivity contribution is -0.137. The molecule has 0 unspecified atom stereocenters. The van der Waals surface area contributed by atoms with E-state index >= 15 is 0 Å². The molecule has 3 heterocycles. The minimum Gasteiger partial charge on any atom is -0.451 e. The minimum absolute atomic E-state index is 0.0549. The first-order valence-electron chi connectivity index (χ1n) is 12.3. The molecule has 0 saturated carbocycles. The van der Waals surface area contributed by atoms with Gasteiger partial charge in [-0.25, -0.2) is 8.42 Å². The molecule has 2 fully saturated rings. The van der Waals surface area contributed by atoms with Gasteiger partial charge in [0.25, 0.3) is 5.91 Å². The number of nitrogens with zero attached hydrogens (tertiary/aromatic N) is 2. The SMILES string of the molecule is O=C(Nc1ccc(Cl)c(C(F)(F)F)c1)c1cc2c(N3C[C@@H]4C[C@H]3CN4S(=O)(=O)c3c(Cl)cccc3Cl)cccc2o1. The number of carbonyl (C=O) groups excluding carboxylic acids is 1. The Morgan fingerprint density at radius 2 is 1.63 bits per heavy atom. The smallest absolute Gasteiger partial charge is 0.417 e. The second kappa shape index (κ2) is 10.1. The van der Waals surface area contributed by atoms with Crippen molar-refractivity contribution in [3.05, 3.63) is 87.1 Å². The van der Waals surface area contributed by atoms with Gasteiger partial charge in [-0.2, -0.15) is 17.5 Å². The molecule has 41 heavy (non-hydrogen) atoms. The van der Waals surface area contributed by atoms with Gasteiger partial charge in [0, 0.05) is 41.9 Å². The number of alkyl halides is 3. The quantitative estimate of drug-likeness (QED) is 0.246. The van der Waals surface area contributed by atoms with E-state index in [9.17, 15) is 26.4 Å². The number of fused-ring (bicyclic) bond motifs is 3. The van der Waals surface area contributed by atoms with Crippen LogP contribution in [-0.2, 0) is 16.2 Å². The Labute approximate surface area is 247 Å². The van der Waals surface area contributed by atoms with Gasteiger partial charge in [0.15, 0.2) is 5.76 Å². The molecule has 0 radical (unpaired) electrons. The van der Waals surface area contributed by atoms with Gasteiger partial charge in [-0.1, -0.05) is 46.9 Å². The number of rotatable bonds is 5. The summed E-state index contributed by atoms with van der Waals surface area (Å²) >= 11 is 18.1. The van der Waals surface area contributed by atoms with Crippen LogP contribution in [0.5, 0.6) is 0 Å². The Balaban J connectivity index is 1.24. The predicted octanol–water partition coefficient (Wildman–Crippen LogP) is 7.32. The Hall–Kier alpha value is -2.96. The first kappa shape index (κ1) is 28.2. The van der Waals surface area contributed by atoms with Crippen LogP contribution in [0.3, 0.4) is 0 Å². The standard InChI is InChI=1S/C27H19Cl3F3N3O4S/c28-19-8-7-14(9-18(19)27(31,32)33)34-26(37)24-11-17-22(5-2-6-23(17)40-24)35-12-16-10-15(35)13-36(16)41(38,39)25-20(29)3-1-4-21(25)30/h1-9,11,15-16H,10,12-13H2,(H,34,37)/t15-,16-/m0/s1. The van der Waals surface area contributed by atoms with Gasteiger partial charge in [0.05, 0.1) is 20.6 Å². The summed E-state index contributed by atoms with van der Waals surface area (Å²) < 4.78 is 73.8. The van der Waals surface area contributed by atoms with Crippen LogP contribution in [0.15, 0.2) is 70.0 Å². The summed E-state index contributed by atoms with van der Waals surface area (Å²) in [7, 11) is -3.94. The predicted molar refractivity (Wildman–Crippen MR) is 151 cm³/mol. The second-order valence-electron chi connectivity index (χ2n) is 9.77. The van der Waals surface area contributed by atoms with E-state index in [4.69, 9.17) is 39.2 Å². The Morgan fingerprint density at radius 3 is 2.29 bits per heavy atom. The third kappa shape index (κ3) is 4.93. The van der Waals surface area contributed by atoms with Crippen LogP contribution in [0.2, 0.25) is 15.1 Å². The van der Waals surface area contributed by atoms with E-state index in [2.05, 4.69) is 10.2 Å². The summed E-state index contributed by atoms with van der Waals surface area (Å²) in [6.07, 6.45) is -4.10. The molecule has 2 aliphatic heterocycles. The molecule has 214 valence electrons. The van der Waals surface area contributed by atoms with Crippen LogP contribution in [-0.4, -0.2) is 43.8 Å². The number of amides is 1. The topological polar surface area (TPSA) is 82.9 Å². The summed E-state index contributed by atoms with van der Waals surface area (Å²) in [4.78, 5) is 14.9. The van der Waals surface area contributed by atoms with Crippen LogP contribution < -0.4 is 10.2 Å². The lowest BCUT2D eigenvalue weighted by atomic mass is 10.1. The average Bonchev–Trinajstić information content (AvgIpc) is 3.63. The highest BCUT2D eigenvalue weighted by Crippen LogP contribution is 2.43. The fourth-order valence-corrected chi connectivity index (χ4v) is 8.47. The van der Waals surface area contributed by atoms with Crippen molar-refractivity contribution in [2.45, 2.75) is 29.6 Å². The van der Waals surface area contributed by atoms with Crippen LogP contribution in [0.25, 0.3) is 11.0 Å². The molecule has 0 spiro atoms. The number of furan rings is 1. The summed E-state index contributed by atoms with van der Waals surface area (Å²) in [5.41, 5.74) is -0.0173. The van der Waals surface area contributed by atoms with Gasteiger partial charge in [0.1, 0.15) is 10.5 Å². The Kier molecular flexibility index (Phi) is 6.94. The van der Waals surface area contributed by atoms with Crippen molar-refractivity contribution in [2.24, 2.45) is 0 Å². The van der Waals surface area contributed by atoms with Crippen molar-refractivity contribution in [3.63, 3.8) is 0 Å². The molecule has 2 saturated heterocycles. The molecule has 7 nitrogen and oxygen atoms in total. The molecule has 2 bridgehead atoms. The zero-order valence-corrected chi connectivity index (χ0v) is 23.8. The van der Waals surface area contributed by atoms with Crippen LogP contribution >= 0.6 is 34.8 Å². The van der Waals surface area contributed by atoms with E-state index in [0.717, 1.165) is 17.8 Å². The van der Waals surface area contributed by atoms with Crippen molar-refractivity contribution in [1.82, 2.24) is 4.31 Å². The molecule has 0 aliphatic carbocycles. The number of carbonyl (C=O) groups is 1. The van der Waals surface area contributed by atoms with E-state index in [1.807, 2.05) is 6.07 Å². The van der Waals surface area contributed by atoms with Crippen molar-refractivity contribution in [2.75, 3.05) is 23.3 Å². The molecule has 6 rings (SSSR count). The molecule has 1 N–H and O–H groups in total. The van der Waals surface area contributed by atoms with E-state index in [0.29, 0.717) is 23.9 Å². The summed E-state index contributed by atoms with van der Waals surface area (Å²) in [5.74, 6) is -0.836. The normalized spacial score (nSPS) is 19.3. The lowest BCUT2D eigenvalue weighted by Gasteiger charge is -2.35. The first-order valence-corrected chi connectivity index (χ1v) is 14.8. The lowest BCUT2D eigenvalue weighted by Crippen LogP contribution is -2.48. The fraction of sp³-hybridized carbons (Fsp3) is 0.222. The maximum atomic E-state index is 13.5. The van der Waals surface area contributed by atoms with Crippen molar-refractivity contribution in [3.8, 4) is 0 Å². The molecule has 2 atom stereocenters. The van der Waals surface area contributed by atoms with Crippen LogP contribution in [0.1, 0.15) is 22.5 Å². The van der Waals surface area contributed by atoms with Gasteiger partial charge in [-0.05, 0) is 55.0 Å². The maximum Gasteiger partial charge on any atom is 0.417 e. The highest BCUT2D eigenvalue weighted by atomic mass is 35.5. The highest BCUT2D eigenvalue weighted by Gasteiger charge is 2.49. The van der Waals surface area contributed by atoms with E-state index in [1.54, 1.807) is 18.2 Å². The number of nitrogens with one attached hydrogen (secondary N) is 1. The number of benzene rings is 3. The van der Waals surface area contributed by atoms with Gasteiger partial charge in [0.2, 0.25) is 10.0 Å². The van der Waals surface area contributed by atoms with Gasteiger partial charge in [-0.15, -0.1) is 0 Å². The average molecular weight is 645 g/mol. The van der Waals surface area contributed by atoms with Crippen LogP contribution in [0.4, 0.5) is 24.5 Å². The third-order valence-electron chi connectivity index (χ3n) is 7.28. The number of hydrogen-bond acceptors (Lipinski definition) is 5. The molecule has 14 heteroatoms. The Bertz CT molecular complexity index is 1790. The number of sulfonamides is 1.